The van der Waals surface area contributed by atoms with Gasteiger partial charge in [-0.1, -0.05) is 35.9 Å². The van der Waals surface area contributed by atoms with Gasteiger partial charge in [0.1, 0.15) is 23.7 Å². The molecule has 0 spiro atoms. The van der Waals surface area contributed by atoms with Crippen molar-refractivity contribution in [3.05, 3.63) is 66.0 Å². The standard InChI is InChI=1S/C23H23ClN8O/c1-30(2)13-5-8-19(33)31(3)17-6-4-7-18(28-17)32-23-20(22(25)26-14-27-23)21(29-32)15-9-11-16(24)12-10-15/h4-12,14H,13H2,1-3H3,(H2,25,26,27). The summed E-state index contributed by atoms with van der Waals surface area (Å²) in [6.07, 6.45) is 4.72. The van der Waals surface area contributed by atoms with Gasteiger partial charge in [-0.05, 0) is 38.4 Å². The summed E-state index contributed by atoms with van der Waals surface area (Å²) >= 11 is 6.05. The zero-order chi connectivity index (χ0) is 23.5. The molecule has 0 atom stereocenters. The molecule has 3 heterocycles. The van der Waals surface area contributed by atoms with Crippen LogP contribution in [0.1, 0.15) is 0 Å². The van der Waals surface area contributed by atoms with Gasteiger partial charge in [-0.3, -0.25) is 9.69 Å². The second kappa shape index (κ2) is 9.35. The lowest BCUT2D eigenvalue weighted by Gasteiger charge is -2.15. The van der Waals surface area contributed by atoms with Crippen LogP contribution in [0.4, 0.5) is 11.6 Å². The summed E-state index contributed by atoms with van der Waals surface area (Å²) in [5, 5.41) is 5.97. The highest BCUT2D eigenvalue weighted by molar-refractivity contribution is 6.30. The summed E-state index contributed by atoms with van der Waals surface area (Å²) < 4.78 is 1.60. The van der Waals surface area contributed by atoms with Gasteiger partial charge >= 0.3 is 0 Å². The number of halogens is 1. The van der Waals surface area contributed by atoms with E-state index in [1.54, 1.807) is 36.0 Å². The average Bonchev–Trinajstić information content (AvgIpc) is 3.20. The zero-order valence-electron chi connectivity index (χ0n) is 18.5. The van der Waals surface area contributed by atoms with Crippen LogP contribution in [0.3, 0.4) is 0 Å². The molecule has 0 saturated heterocycles. The Morgan fingerprint density at radius 1 is 1.12 bits per heavy atom. The minimum atomic E-state index is -0.180. The highest BCUT2D eigenvalue weighted by Crippen LogP contribution is 2.32. The molecule has 33 heavy (non-hydrogen) atoms. The largest absolute Gasteiger partial charge is 0.383 e. The summed E-state index contributed by atoms with van der Waals surface area (Å²) in [6, 6.07) is 12.6. The van der Waals surface area contributed by atoms with Crippen LogP contribution < -0.4 is 10.6 Å². The molecule has 1 amide bonds. The SMILES string of the molecule is CN(C)CC=CC(=O)N(C)c1cccc(-n2nc(-c3ccc(Cl)cc3)c3c(N)ncnc32)n1. The Morgan fingerprint density at radius 2 is 1.88 bits per heavy atom. The summed E-state index contributed by atoms with van der Waals surface area (Å²) in [4.78, 5) is 29.2. The van der Waals surface area contributed by atoms with Crippen molar-refractivity contribution in [3.63, 3.8) is 0 Å². The molecule has 3 aromatic heterocycles. The molecular weight excluding hydrogens is 440 g/mol. The number of likely N-dealkylation sites (N-methyl/N-ethyl adjacent to an activating group) is 2. The van der Waals surface area contributed by atoms with Crippen molar-refractivity contribution < 1.29 is 4.79 Å². The lowest BCUT2D eigenvalue weighted by molar-refractivity contribution is -0.113. The Hall–Kier alpha value is -3.82. The van der Waals surface area contributed by atoms with Gasteiger partial charge in [0.15, 0.2) is 11.5 Å². The van der Waals surface area contributed by atoms with E-state index in [9.17, 15) is 4.79 Å². The number of benzene rings is 1. The maximum Gasteiger partial charge on any atom is 0.251 e. The summed E-state index contributed by atoms with van der Waals surface area (Å²) in [5.41, 5.74) is 8.13. The number of fused-ring (bicyclic) bond motifs is 1. The Morgan fingerprint density at radius 3 is 2.61 bits per heavy atom. The molecule has 0 saturated carbocycles. The van der Waals surface area contributed by atoms with Crippen molar-refractivity contribution in [2.75, 3.05) is 38.3 Å². The van der Waals surface area contributed by atoms with Crippen molar-refractivity contribution in [2.24, 2.45) is 0 Å². The third-order valence-corrected chi connectivity index (χ3v) is 5.21. The molecule has 168 valence electrons. The predicted molar refractivity (Wildman–Crippen MR) is 130 cm³/mol. The molecule has 4 aromatic rings. The highest BCUT2D eigenvalue weighted by Gasteiger charge is 2.19. The zero-order valence-corrected chi connectivity index (χ0v) is 19.2. The average molecular weight is 463 g/mol. The topological polar surface area (TPSA) is 106 Å². The predicted octanol–water partition coefficient (Wildman–Crippen LogP) is 3.19. The fourth-order valence-electron chi connectivity index (χ4n) is 3.25. The van der Waals surface area contributed by atoms with E-state index in [0.717, 1.165) is 5.56 Å². The Bertz CT molecular complexity index is 1330. The first kappa shape index (κ1) is 22.4. The molecule has 0 fully saturated rings. The molecule has 0 aliphatic rings. The summed E-state index contributed by atoms with van der Waals surface area (Å²) in [7, 11) is 5.55. The number of nitrogens with two attached hydrogens (primary N) is 1. The minimum Gasteiger partial charge on any atom is -0.383 e. The monoisotopic (exact) mass is 462 g/mol. The number of nitrogen functional groups attached to an aromatic ring is 1. The van der Waals surface area contributed by atoms with Gasteiger partial charge < -0.3 is 10.6 Å². The number of hydrogen-bond donors (Lipinski definition) is 1. The second-order valence-electron chi connectivity index (χ2n) is 7.64. The molecule has 0 bridgehead atoms. The molecular formula is C23H23ClN8O. The van der Waals surface area contributed by atoms with Crippen LogP contribution in [-0.4, -0.2) is 63.2 Å². The van der Waals surface area contributed by atoms with Gasteiger partial charge in [0.25, 0.3) is 5.91 Å². The molecule has 10 heteroatoms. The van der Waals surface area contributed by atoms with Gasteiger partial charge in [-0.2, -0.15) is 9.78 Å². The fraction of sp³-hybridized carbons (Fsp3) is 0.174. The molecule has 0 aliphatic carbocycles. The molecule has 0 aliphatic heterocycles. The number of anilines is 2. The van der Waals surface area contributed by atoms with Crippen LogP contribution in [0, 0.1) is 0 Å². The first-order chi connectivity index (χ1) is 15.8. The fourth-order valence-corrected chi connectivity index (χ4v) is 3.38. The third-order valence-electron chi connectivity index (χ3n) is 4.95. The van der Waals surface area contributed by atoms with E-state index >= 15 is 0 Å². The molecule has 0 unspecified atom stereocenters. The second-order valence-corrected chi connectivity index (χ2v) is 8.08. The Balaban J connectivity index is 1.76. The van der Waals surface area contributed by atoms with E-state index in [2.05, 4.69) is 15.0 Å². The van der Waals surface area contributed by atoms with Crippen molar-refractivity contribution in [2.45, 2.75) is 0 Å². The van der Waals surface area contributed by atoms with Gasteiger partial charge in [0.2, 0.25) is 0 Å². The van der Waals surface area contributed by atoms with Gasteiger partial charge in [0.05, 0.1) is 5.39 Å². The third kappa shape index (κ3) is 4.69. The summed E-state index contributed by atoms with van der Waals surface area (Å²) in [6.45, 7) is 0.668. The number of aromatic nitrogens is 5. The van der Waals surface area contributed by atoms with Gasteiger partial charge in [-0.25, -0.2) is 15.0 Å². The lowest BCUT2D eigenvalue weighted by atomic mass is 10.1. The maximum absolute atomic E-state index is 12.6. The molecule has 9 nitrogen and oxygen atoms in total. The quantitative estimate of drug-likeness (QED) is 0.438. The van der Waals surface area contributed by atoms with Crippen molar-refractivity contribution >= 4 is 40.2 Å². The first-order valence-corrected chi connectivity index (χ1v) is 10.5. The maximum atomic E-state index is 12.6. The van der Waals surface area contributed by atoms with E-state index in [0.29, 0.717) is 45.7 Å². The van der Waals surface area contributed by atoms with Gasteiger partial charge in [0, 0.05) is 30.3 Å². The molecule has 1 aromatic carbocycles. The number of carbonyl (C=O) groups excluding carboxylic acids is 1. The number of amides is 1. The number of pyridine rings is 1. The van der Waals surface area contributed by atoms with E-state index in [4.69, 9.17) is 22.4 Å². The van der Waals surface area contributed by atoms with Gasteiger partial charge in [-0.15, -0.1) is 0 Å². The number of rotatable bonds is 6. The van der Waals surface area contributed by atoms with Crippen LogP contribution in [0.2, 0.25) is 5.02 Å². The normalized spacial score (nSPS) is 11.5. The van der Waals surface area contributed by atoms with E-state index in [1.165, 1.54) is 17.3 Å². The van der Waals surface area contributed by atoms with Crippen LogP contribution in [0.25, 0.3) is 28.1 Å². The van der Waals surface area contributed by atoms with Crippen LogP contribution >= 0.6 is 11.6 Å². The summed E-state index contributed by atoms with van der Waals surface area (Å²) in [5.74, 6) is 1.10. The number of carbonyl (C=O) groups is 1. The van der Waals surface area contributed by atoms with Crippen LogP contribution in [-0.2, 0) is 4.79 Å². The van der Waals surface area contributed by atoms with Crippen molar-refractivity contribution in [1.82, 2.24) is 29.6 Å². The molecule has 4 rings (SSSR count). The lowest BCUT2D eigenvalue weighted by Crippen LogP contribution is -2.25. The van der Waals surface area contributed by atoms with E-state index in [1.807, 2.05) is 43.3 Å². The van der Waals surface area contributed by atoms with E-state index in [-0.39, 0.29) is 5.91 Å². The molecule has 0 radical (unpaired) electrons. The first-order valence-electron chi connectivity index (χ1n) is 10.2. The number of hydrogen-bond acceptors (Lipinski definition) is 7. The van der Waals surface area contributed by atoms with Crippen LogP contribution in [0.5, 0.6) is 0 Å². The smallest absolute Gasteiger partial charge is 0.251 e. The van der Waals surface area contributed by atoms with Crippen molar-refractivity contribution in [1.29, 1.82) is 0 Å². The van der Waals surface area contributed by atoms with Crippen molar-refractivity contribution in [3.8, 4) is 17.1 Å². The van der Waals surface area contributed by atoms with E-state index < -0.39 is 0 Å². The van der Waals surface area contributed by atoms with Crippen LogP contribution in [0.15, 0.2) is 60.9 Å². The Kier molecular flexibility index (Phi) is 6.34. The highest BCUT2D eigenvalue weighted by atomic mass is 35.5. The number of nitrogens with zero attached hydrogens (tertiary/aromatic N) is 7. The Labute approximate surface area is 196 Å². The minimum absolute atomic E-state index is 0.180. The molecule has 2 N–H and O–H groups in total.